The van der Waals surface area contributed by atoms with Crippen LogP contribution in [0.3, 0.4) is 0 Å². The zero-order valence-electron chi connectivity index (χ0n) is 11.6. The number of carbonyl (C=O) groups is 1. The third kappa shape index (κ3) is 2.92. The lowest BCUT2D eigenvalue weighted by Gasteiger charge is -2.42. The SMILES string of the molecule is Cc1nccnc1C(C)(CC(=O)O)N1CCCCC1. The maximum atomic E-state index is 11.3. The number of likely N-dealkylation sites (tertiary alicyclic amines) is 1. The third-order valence-corrected chi connectivity index (χ3v) is 3.94. The first-order valence-electron chi connectivity index (χ1n) is 6.79. The molecule has 2 heterocycles. The molecule has 1 aliphatic heterocycles. The Bertz CT molecular complexity index is 458. The first-order chi connectivity index (χ1) is 9.04. The van der Waals surface area contributed by atoms with Crippen LogP contribution < -0.4 is 0 Å². The van der Waals surface area contributed by atoms with E-state index < -0.39 is 11.5 Å². The molecule has 0 amide bonds. The summed E-state index contributed by atoms with van der Waals surface area (Å²) in [6.07, 6.45) is 6.82. The smallest absolute Gasteiger partial charge is 0.305 e. The number of aromatic nitrogens is 2. The van der Waals surface area contributed by atoms with Crippen LogP contribution in [0.25, 0.3) is 0 Å². The fourth-order valence-electron chi connectivity index (χ4n) is 2.96. The lowest BCUT2D eigenvalue weighted by molar-refractivity contribution is -0.140. The third-order valence-electron chi connectivity index (χ3n) is 3.94. The van der Waals surface area contributed by atoms with E-state index in [1.54, 1.807) is 12.4 Å². The molecule has 1 aliphatic rings. The van der Waals surface area contributed by atoms with Crippen LogP contribution in [0.5, 0.6) is 0 Å². The summed E-state index contributed by atoms with van der Waals surface area (Å²) < 4.78 is 0. The van der Waals surface area contributed by atoms with Gasteiger partial charge in [-0.15, -0.1) is 0 Å². The molecule has 2 rings (SSSR count). The molecule has 0 radical (unpaired) electrons. The Balaban J connectivity index is 2.38. The van der Waals surface area contributed by atoms with Crippen LogP contribution in [0, 0.1) is 6.92 Å². The molecule has 1 aromatic heterocycles. The molecule has 0 bridgehead atoms. The van der Waals surface area contributed by atoms with Crippen molar-refractivity contribution in [3.05, 3.63) is 23.8 Å². The highest BCUT2D eigenvalue weighted by Gasteiger charge is 2.39. The molecule has 5 heteroatoms. The van der Waals surface area contributed by atoms with Crippen molar-refractivity contribution in [2.45, 2.75) is 45.1 Å². The summed E-state index contributed by atoms with van der Waals surface area (Å²) in [6.45, 7) is 5.73. The quantitative estimate of drug-likeness (QED) is 0.899. The Kier molecular flexibility index (Phi) is 4.14. The molecule has 1 aromatic rings. The van der Waals surface area contributed by atoms with Gasteiger partial charge in [-0.25, -0.2) is 0 Å². The highest BCUT2D eigenvalue weighted by molar-refractivity contribution is 5.68. The molecule has 1 atom stereocenters. The fourth-order valence-corrected chi connectivity index (χ4v) is 2.96. The molecular weight excluding hydrogens is 242 g/mol. The van der Waals surface area contributed by atoms with Gasteiger partial charge in [0, 0.05) is 12.4 Å². The molecule has 0 aromatic carbocycles. The number of carboxylic acids is 1. The number of piperidine rings is 1. The molecule has 1 fully saturated rings. The van der Waals surface area contributed by atoms with Gasteiger partial charge in [0.1, 0.15) is 0 Å². The topological polar surface area (TPSA) is 66.3 Å². The van der Waals surface area contributed by atoms with Crippen LogP contribution in [0.2, 0.25) is 0 Å². The summed E-state index contributed by atoms with van der Waals surface area (Å²) >= 11 is 0. The molecule has 1 unspecified atom stereocenters. The van der Waals surface area contributed by atoms with Crippen LogP contribution in [-0.2, 0) is 10.3 Å². The van der Waals surface area contributed by atoms with Crippen LogP contribution >= 0.6 is 0 Å². The van der Waals surface area contributed by atoms with E-state index >= 15 is 0 Å². The molecule has 0 aliphatic carbocycles. The summed E-state index contributed by atoms with van der Waals surface area (Å²) in [5.41, 5.74) is 1.04. The molecule has 1 N–H and O–H groups in total. The van der Waals surface area contributed by atoms with E-state index in [1.807, 2.05) is 13.8 Å². The van der Waals surface area contributed by atoms with Crippen molar-refractivity contribution in [2.24, 2.45) is 0 Å². The second-order valence-corrected chi connectivity index (χ2v) is 5.38. The molecule has 19 heavy (non-hydrogen) atoms. The van der Waals surface area contributed by atoms with Gasteiger partial charge in [-0.2, -0.15) is 0 Å². The van der Waals surface area contributed by atoms with Crippen molar-refractivity contribution < 1.29 is 9.90 Å². The van der Waals surface area contributed by atoms with E-state index in [0.717, 1.165) is 37.3 Å². The summed E-state index contributed by atoms with van der Waals surface area (Å²) in [5.74, 6) is -0.793. The zero-order chi connectivity index (χ0) is 13.9. The van der Waals surface area contributed by atoms with Gasteiger partial charge >= 0.3 is 5.97 Å². The van der Waals surface area contributed by atoms with E-state index in [4.69, 9.17) is 0 Å². The summed E-state index contributed by atoms with van der Waals surface area (Å²) in [7, 11) is 0. The average molecular weight is 263 g/mol. The van der Waals surface area contributed by atoms with Crippen molar-refractivity contribution in [3.63, 3.8) is 0 Å². The Morgan fingerprint density at radius 2 is 1.95 bits per heavy atom. The number of aryl methyl sites for hydroxylation is 1. The van der Waals surface area contributed by atoms with Crippen LogP contribution in [0.1, 0.15) is 44.0 Å². The van der Waals surface area contributed by atoms with Crippen molar-refractivity contribution in [3.8, 4) is 0 Å². The standard InChI is InChI=1S/C14H21N3O2/c1-11-13(16-7-6-15-11)14(2,10-12(18)19)17-8-4-3-5-9-17/h6-7H,3-5,8-10H2,1-2H3,(H,18,19). The van der Waals surface area contributed by atoms with Crippen molar-refractivity contribution >= 4 is 5.97 Å². The van der Waals surface area contributed by atoms with Gasteiger partial charge in [0.25, 0.3) is 0 Å². The Labute approximate surface area is 113 Å². The first-order valence-corrected chi connectivity index (χ1v) is 6.79. The van der Waals surface area contributed by atoms with Crippen molar-refractivity contribution in [1.29, 1.82) is 0 Å². The monoisotopic (exact) mass is 263 g/mol. The molecule has 0 saturated carbocycles. The number of hydrogen-bond acceptors (Lipinski definition) is 4. The van der Waals surface area contributed by atoms with Crippen molar-refractivity contribution in [2.75, 3.05) is 13.1 Å². The van der Waals surface area contributed by atoms with Gasteiger partial charge in [0.15, 0.2) is 0 Å². The molecule has 0 spiro atoms. The van der Waals surface area contributed by atoms with Gasteiger partial charge in [-0.3, -0.25) is 19.7 Å². The Morgan fingerprint density at radius 3 is 2.53 bits per heavy atom. The Hall–Kier alpha value is -1.49. The highest BCUT2D eigenvalue weighted by Crippen LogP contribution is 2.34. The molecular formula is C14H21N3O2. The molecule has 5 nitrogen and oxygen atoms in total. The van der Waals surface area contributed by atoms with Crippen LogP contribution in [0.15, 0.2) is 12.4 Å². The summed E-state index contributed by atoms with van der Waals surface area (Å²) in [5, 5.41) is 9.26. The number of hydrogen-bond donors (Lipinski definition) is 1. The molecule has 1 saturated heterocycles. The van der Waals surface area contributed by atoms with E-state index in [-0.39, 0.29) is 6.42 Å². The number of aliphatic carboxylic acids is 1. The van der Waals surface area contributed by atoms with Gasteiger partial charge in [-0.1, -0.05) is 6.42 Å². The average Bonchev–Trinajstić information content (AvgIpc) is 2.39. The van der Waals surface area contributed by atoms with Crippen LogP contribution in [-0.4, -0.2) is 39.0 Å². The first kappa shape index (κ1) is 13.9. The van der Waals surface area contributed by atoms with E-state index in [9.17, 15) is 9.90 Å². The minimum atomic E-state index is -0.793. The second-order valence-electron chi connectivity index (χ2n) is 5.38. The lowest BCUT2D eigenvalue weighted by Crippen LogP contribution is -2.48. The number of carboxylic acid groups (broad SMARTS) is 1. The second kappa shape index (κ2) is 5.65. The Morgan fingerprint density at radius 1 is 1.32 bits per heavy atom. The maximum Gasteiger partial charge on any atom is 0.305 e. The van der Waals surface area contributed by atoms with Gasteiger partial charge < -0.3 is 5.11 Å². The number of rotatable bonds is 4. The minimum Gasteiger partial charge on any atom is -0.481 e. The van der Waals surface area contributed by atoms with Crippen LogP contribution in [0.4, 0.5) is 0 Å². The predicted octanol–water partition coefficient (Wildman–Crippen LogP) is 1.96. The number of nitrogens with zero attached hydrogens (tertiary/aromatic N) is 3. The minimum absolute atomic E-state index is 0.0620. The predicted molar refractivity (Wildman–Crippen MR) is 71.8 cm³/mol. The van der Waals surface area contributed by atoms with Crippen molar-refractivity contribution in [1.82, 2.24) is 14.9 Å². The lowest BCUT2D eigenvalue weighted by atomic mass is 9.87. The summed E-state index contributed by atoms with van der Waals surface area (Å²) in [6, 6.07) is 0. The van der Waals surface area contributed by atoms with E-state index in [1.165, 1.54) is 6.42 Å². The highest BCUT2D eigenvalue weighted by atomic mass is 16.4. The zero-order valence-corrected chi connectivity index (χ0v) is 11.6. The van der Waals surface area contributed by atoms with Gasteiger partial charge in [-0.05, 0) is 39.8 Å². The van der Waals surface area contributed by atoms with E-state index in [0.29, 0.717) is 0 Å². The summed E-state index contributed by atoms with van der Waals surface area (Å²) in [4.78, 5) is 22.2. The normalized spacial score (nSPS) is 19.9. The van der Waals surface area contributed by atoms with Gasteiger partial charge in [0.2, 0.25) is 0 Å². The van der Waals surface area contributed by atoms with Gasteiger partial charge in [0.05, 0.1) is 23.3 Å². The fraction of sp³-hybridized carbons (Fsp3) is 0.643. The largest absolute Gasteiger partial charge is 0.481 e. The molecule has 104 valence electrons. The van der Waals surface area contributed by atoms with E-state index in [2.05, 4.69) is 14.9 Å². The maximum absolute atomic E-state index is 11.3.